The molecular weight excluding hydrogens is 514 g/mol. The van der Waals surface area contributed by atoms with Crippen molar-refractivity contribution in [3.63, 3.8) is 0 Å². The molecule has 1 unspecified atom stereocenters. The van der Waals surface area contributed by atoms with E-state index in [1.54, 1.807) is 42.5 Å². The van der Waals surface area contributed by atoms with Crippen LogP contribution in [0.3, 0.4) is 0 Å². The summed E-state index contributed by atoms with van der Waals surface area (Å²) in [5.41, 5.74) is 2.10. The van der Waals surface area contributed by atoms with Gasteiger partial charge in [-0.15, -0.1) is 0 Å². The van der Waals surface area contributed by atoms with Crippen molar-refractivity contribution in [3.8, 4) is 5.75 Å². The van der Waals surface area contributed by atoms with Crippen LogP contribution in [-0.4, -0.2) is 51.4 Å². The van der Waals surface area contributed by atoms with Crippen LogP contribution < -0.4 is 14.4 Å². The fourth-order valence-corrected chi connectivity index (χ4v) is 5.81. The van der Waals surface area contributed by atoms with Gasteiger partial charge in [0, 0.05) is 13.1 Å². The number of methoxy groups -OCH3 is 1. The molecule has 0 radical (unpaired) electrons. The van der Waals surface area contributed by atoms with E-state index < -0.39 is 28.5 Å². The van der Waals surface area contributed by atoms with Gasteiger partial charge in [-0.05, 0) is 49.6 Å². The highest BCUT2D eigenvalue weighted by molar-refractivity contribution is 7.92. The number of sulfonamides is 1. The van der Waals surface area contributed by atoms with Gasteiger partial charge in [0.05, 0.1) is 17.7 Å². The molecule has 3 aromatic rings. The Morgan fingerprint density at radius 1 is 0.949 bits per heavy atom. The number of hydrogen-bond donors (Lipinski definition) is 1. The Labute approximate surface area is 231 Å². The van der Waals surface area contributed by atoms with E-state index in [0.717, 1.165) is 21.9 Å². The van der Waals surface area contributed by atoms with Crippen LogP contribution in [0.2, 0.25) is 0 Å². The topological polar surface area (TPSA) is 96.0 Å². The predicted octanol–water partition coefficient (Wildman–Crippen LogP) is 4.53. The SMILES string of the molecule is CCCNC(=O)C(CC)N(Cc1cccc(C)c1)C(=O)CN(c1ccccc1OC)S(=O)(=O)c1ccccc1. The van der Waals surface area contributed by atoms with Gasteiger partial charge in [-0.3, -0.25) is 13.9 Å². The van der Waals surface area contributed by atoms with Crippen LogP contribution in [0, 0.1) is 6.92 Å². The van der Waals surface area contributed by atoms with Crippen molar-refractivity contribution in [1.29, 1.82) is 0 Å². The highest BCUT2D eigenvalue weighted by Crippen LogP contribution is 2.32. The molecule has 0 aliphatic rings. The maximum absolute atomic E-state index is 14.1. The lowest BCUT2D eigenvalue weighted by molar-refractivity contribution is -0.140. The molecule has 0 heterocycles. The van der Waals surface area contributed by atoms with Crippen LogP contribution in [-0.2, 0) is 26.2 Å². The number of carbonyl (C=O) groups excluding carboxylic acids is 2. The summed E-state index contributed by atoms with van der Waals surface area (Å²) in [6.45, 7) is 5.88. The van der Waals surface area contributed by atoms with E-state index in [4.69, 9.17) is 4.74 Å². The number of nitrogens with zero attached hydrogens (tertiary/aromatic N) is 2. The van der Waals surface area contributed by atoms with E-state index in [9.17, 15) is 18.0 Å². The van der Waals surface area contributed by atoms with Crippen molar-refractivity contribution in [3.05, 3.63) is 90.0 Å². The highest BCUT2D eigenvalue weighted by atomic mass is 32.2. The summed E-state index contributed by atoms with van der Waals surface area (Å²) in [5.74, 6) is -0.460. The molecule has 3 aromatic carbocycles. The summed E-state index contributed by atoms with van der Waals surface area (Å²) in [4.78, 5) is 28.7. The van der Waals surface area contributed by atoms with Crippen molar-refractivity contribution < 1.29 is 22.7 Å². The number of nitrogens with one attached hydrogen (secondary N) is 1. The molecule has 1 N–H and O–H groups in total. The van der Waals surface area contributed by atoms with Crippen molar-refractivity contribution >= 4 is 27.5 Å². The first-order valence-electron chi connectivity index (χ1n) is 13.1. The number of benzene rings is 3. The molecule has 0 saturated heterocycles. The average Bonchev–Trinajstić information content (AvgIpc) is 2.95. The van der Waals surface area contributed by atoms with Gasteiger partial charge in [0.2, 0.25) is 11.8 Å². The zero-order valence-corrected chi connectivity index (χ0v) is 23.8. The number of ether oxygens (including phenoxy) is 1. The van der Waals surface area contributed by atoms with Gasteiger partial charge in [-0.2, -0.15) is 0 Å². The fraction of sp³-hybridized carbons (Fsp3) is 0.333. The van der Waals surface area contributed by atoms with Crippen LogP contribution in [0.5, 0.6) is 5.75 Å². The van der Waals surface area contributed by atoms with E-state index in [1.165, 1.54) is 24.1 Å². The summed E-state index contributed by atoms with van der Waals surface area (Å²) in [7, 11) is -2.71. The smallest absolute Gasteiger partial charge is 0.264 e. The van der Waals surface area contributed by atoms with Crippen molar-refractivity contribution in [2.45, 2.75) is 51.1 Å². The summed E-state index contributed by atoms with van der Waals surface area (Å²) in [6.07, 6.45) is 1.12. The van der Waals surface area contributed by atoms with E-state index in [2.05, 4.69) is 5.32 Å². The standard InChI is InChI=1S/C30H37N3O5S/c1-5-19-31-30(35)26(6-2)32(21-24-14-12-13-23(3)20-24)29(34)22-33(27-17-10-11-18-28(27)38-4)39(36,37)25-15-8-7-9-16-25/h7-18,20,26H,5-6,19,21-22H2,1-4H3,(H,31,35). The van der Waals surface area contributed by atoms with Crippen LogP contribution >= 0.6 is 0 Å². The van der Waals surface area contributed by atoms with Crippen LogP contribution in [0.15, 0.2) is 83.8 Å². The summed E-state index contributed by atoms with van der Waals surface area (Å²) >= 11 is 0. The molecular formula is C30H37N3O5S. The minimum Gasteiger partial charge on any atom is -0.495 e. The Bertz CT molecular complexity index is 1360. The van der Waals surface area contributed by atoms with Crippen LogP contribution in [0.1, 0.15) is 37.8 Å². The zero-order chi connectivity index (χ0) is 28.4. The molecule has 0 aliphatic heterocycles. The molecule has 208 valence electrons. The lowest BCUT2D eigenvalue weighted by Crippen LogP contribution is -2.52. The average molecular weight is 552 g/mol. The van der Waals surface area contributed by atoms with Crippen molar-refractivity contribution in [2.24, 2.45) is 0 Å². The third-order valence-electron chi connectivity index (χ3n) is 6.33. The van der Waals surface area contributed by atoms with Crippen molar-refractivity contribution in [1.82, 2.24) is 10.2 Å². The number of aryl methyl sites for hydroxylation is 1. The fourth-order valence-electron chi connectivity index (χ4n) is 4.36. The Morgan fingerprint density at radius 3 is 2.28 bits per heavy atom. The van der Waals surface area contributed by atoms with Gasteiger partial charge in [0.1, 0.15) is 18.3 Å². The summed E-state index contributed by atoms with van der Waals surface area (Å²) in [5, 5.41) is 2.89. The van der Waals surface area contributed by atoms with E-state index in [1.807, 2.05) is 45.0 Å². The van der Waals surface area contributed by atoms with Crippen LogP contribution in [0.25, 0.3) is 0 Å². The molecule has 3 rings (SSSR count). The summed E-state index contributed by atoms with van der Waals surface area (Å²) < 4.78 is 34.3. The second-order valence-electron chi connectivity index (χ2n) is 9.22. The highest BCUT2D eigenvalue weighted by Gasteiger charge is 2.34. The Morgan fingerprint density at radius 2 is 1.64 bits per heavy atom. The Kier molecular flexibility index (Phi) is 10.5. The number of para-hydroxylation sites is 2. The zero-order valence-electron chi connectivity index (χ0n) is 23.0. The molecule has 0 saturated carbocycles. The van der Waals surface area contributed by atoms with Crippen molar-refractivity contribution in [2.75, 3.05) is 24.5 Å². The van der Waals surface area contributed by atoms with Gasteiger partial charge in [0.25, 0.3) is 10.0 Å². The molecule has 0 aromatic heterocycles. The van der Waals surface area contributed by atoms with Gasteiger partial charge < -0.3 is 15.0 Å². The molecule has 0 aliphatic carbocycles. The minimum absolute atomic E-state index is 0.0432. The quantitative estimate of drug-likeness (QED) is 0.337. The van der Waals surface area contributed by atoms with E-state index in [0.29, 0.717) is 18.7 Å². The third-order valence-corrected chi connectivity index (χ3v) is 8.11. The monoisotopic (exact) mass is 551 g/mol. The van der Waals surface area contributed by atoms with Gasteiger partial charge in [-0.25, -0.2) is 8.42 Å². The number of hydrogen-bond acceptors (Lipinski definition) is 5. The maximum atomic E-state index is 14.1. The van der Waals surface area contributed by atoms with Gasteiger partial charge in [0.15, 0.2) is 0 Å². The Balaban J connectivity index is 2.08. The summed E-state index contributed by atoms with van der Waals surface area (Å²) in [6, 6.07) is 21.5. The van der Waals surface area contributed by atoms with Crippen LogP contribution in [0.4, 0.5) is 5.69 Å². The number of carbonyl (C=O) groups is 2. The predicted molar refractivity (Wildman–Crippen MR) is 153 cm³/mol. The first kappa shape index (κ1) is 29.7. The molecule has 0 fully saturated rings. The first-order chi connectivity index (χ1) is 18.7. The molecule has 0 bridgehead atoms. The van der Waals surface area contributed by atoms with E-state index >= 15 is 0 Å². The largest absolute Gasteiger partial charge is 0.495 e. The second kappa shape index (κ2) is 13.8. The first-order valence-corrected chi connectivity index (χ1v) is 14.5. The molecule has 39 heavy (non-hydrogen) atoms. The molecule has 8 nitrogen and oxygen atoms in total. The second-order valence-corrected chi connectivity index (χ2v) is 11.1. The molecule has 9 heteroatoms. The van der Waals surface area contributed by atoms with E-state index in [-0.39, 0.29) is 23.0 Å². The lowest BCUT2D eigenvalue weighted by Gasteiger charge is -2.33. The third kappa shape index (κ3) is 7.38. The molecule has 0 spiro atoms. The number of rotatable bonds is 13. The normalized spacial score (nSPS) is 11.9. The number of anilines is 1. The van der Waals surface area contributed by atoms with Gasteiger partial charge in [-0.1, -0.05) is 74.0 Å². The maximum Gasteiger partial charge on any atom is 0.264 e. The Hall–Kier alpha value is -3.85. The molecule has 2 amide bonds. The molecule has 1 atom stereocenters. The number of amides is 2. The lowest BCUT2D eigenvalue weighted by atomic mass is 10.1. The minimum atomic E-state index is -4.16. The van der Waals surface area contributed by atoms with Gasteiger partial charge >= 0.3 is 0 Å².